The van der Waals surface area contributed by atoms with E-state index in [0.29, 0.717) is 11.5 Å². The van der Waals surface area contributed by atoms with Crippen LogP contribution in [0, 0.1) is 5.41 Å². The molecule has 0 aromatic heterocycles. The van der Waals surface area contributed by atoms with Crippen LogP contribution >= 0.6 is 0 Å². The standard InChI is InChI=1S/C15H20O/c1-2-6-13(7-3-1)12-16-14-8-4-5-9-15(14)10-11-15/h1-3,6-7,14H,4-5,8-12H2. The molecule has 0 bridgehead atoms. The van der Waals surface area contributed by atoms with Gasteiger partial charge in [0.15, 0.2) is 0 Å². The molecule has 0 saturated heterocycles. The molecule has 2 aliphatic carbocycles. The van der Waals surface area contributed by atoms with Gasteiger partial charge in [-0.3, -0.25) is 0 Å². The molecule has 86 valence electrons. The Morgan fingerprint density at radius 3 is 2.62 bits per heavy atom. The lowest BCUT2D eigenvalue weighted by Crippen LogP contribution is -2.29. The zero-order valence-corrected chi connectivity index (χ0v) is 9.82. The van der Waals surface area contributed by atoms with Crippen molar-refractivity contribution in [1.82, 2.24) is 0 Å². The molecule has 16 heavy (non-hydrogen) atoms. The smallest absolute Gasteiger partial charge is 0.0720 e. The summed E-state index contributed by atoms with van der Waals surface area (Å²) in [5, 5.41) is 0. The van der Waals surface area contributed by atoms with Crippen molar-refractivity contribution in [2.45, 2.75) is 51.2 Å². The lowest BCUT2D eigenvalue weighted by Gasteiger charge is -2.31. The average Bonchev–Trinajstić information content (AvgIpc) is 3.10. The number of hydrogen-bond donors (Lipinski definition) is 0. The normalized spacial score (nSPS) is 26.9. The van der Waals surface area contributed by atoms with Crippen LogP contribution in [0.1, 0.15) is 44.1 Å². The zero-order valence-electron chi connectivity index (χ0n) is 9.82. The first-order chi connectivity index (χ1) is 7.89. The van der Waals surface area contributed by atoms with Crippen LogP contribution in [-0.2, 0) is 11.3 Å². The predicted octanol–water partition coefficient (Wildman–Crippen LogP) is 3.93. The highest BCUT2D eigenvalue weighted by atomic mass is 16.5. The van der Waals surface area contributed by atoms with Crippen LogP contribution in [0.15, 0.2) is 30.3 Å². The second-order valence-corrected chi connectivity index (χ2v) is 5.39. The lowest BCUT2D eigenvalue weighted by molar-refractivity contribution is -0.0321. The monoisotopic (exact) mass is 216 g/mol. The van der Waals surface area contributed by atoms with Gasteiger partial charge in [-0.2, -0.15) is 0 Å². The minimum atomic E-state index is 0.543. The molecule has 1 heteroatoms. The van der Waals surface area contributed by atoms with E-state index in [2.05, 4.69) is 30.3 Å². The second-order valence-electron chi connectivity index (χ2n) is 5.39. The largest absolute Gasteiger partial charge is 0.373 e. The van der Waals surface area contributed by atoms with Gasteiger partial charge in [0.05, 0.1) is 12.7 Å². The highest BCUT2D eigenvalue weighted by molar-refractivity contribution is 5.13. The van der Waals surface area contributed by atoms with E-state index in [9.17, 15) is 0 Å². The summed E-state index contributed by atoms with van der Waals surface area (Å²) in [6.45, 7) is 0.799. The quantitative estimate of drug-likeness (QED) is 0.744. The maximum absolute atomic E-state index is 6.15. The average molecular weight is 216 g/mol. The summed E-state index contributed by atoms with van der Waals surface area (Å²) in [5.41, 5.74) is 1.91. The third-order valence-electron chi connectivity index (χ3n) is 4.26. The number of ether oxygens (including phenoxy) is 1. The molecule has 1 unspecified atom stereocenters. The Hall–Kier alpha value is -0.820. The lowest BCUT2D eigenvalue weighted by atomic mass is 9.83. The summed E-state index contributed by atoms with van der Waals surface area (Å²) < 4.78 is 6.15. The molecule has 1 nitrogen and oxygen atoms in total. The third kappa shape index (κ3) is 2.01. The van der Waals surface area contributed by atoms with Gasteiger partial charge in [-0.1, -0.05) is 43.2 Å². The first-order valence-corrected chi connectivity index (χ1v) is 6.55. The molecule has 0 heterocycles. The van der Waals surface area contributed by atoms with E-state index in [4.69, 9.17) is 4.74 Å². The summed E-state index contributed by atoms with van der Waals surface area (Å²) >= 11 is 0. The molecule has 3 rings (SSSR count). The Bertz CT molecular complexity index is 340. The molecule has 1 atom stereocenters. The van der Waals surface area contributed by atoms with E-state index >= 15 is 0 Å². The van der Waals surface area contributed by atoms with Gasteiger partial charge in [0.1, 0.15) is 0 Å². The molecule has 2 saturated carbocycles. The van der Waals surface area contributed by atoms with Crippen molar-refractivity contribution in [2.75, 3.05) is 0 Å². The molecule has 1 aromatic rings. The SMILES string of the molecule is c1ccc(COC2CCCCC23CC3)cc1. The molecule has 0 radical (unpaired) electrons. The van der Waals surface area contributed by atoms with Crippen LogP contribution in [-0.4, -0.2) is 6.10 Å². The molecule has 1 aromatic carbocycles. The maximum Gasteiger partial charge on any atom is 0.0720 e. The minimum absolute atomic E-state index is 0.543. The van der Waals surface area contributed by atoms with E-state index < -0.39 is 0 Å². The summed E-state index contributed by atoms with van der Waals surface area (Å²) in [6, 6.07) is 10.6. The van der Waals surface area contributed by atoms with Gasteiger partial charge in [-0.05, 0) is 36.7 Å². The second kappa shape index (κ2) is 4.21. The van der Waals surface area contributed by atoms with Crippen molar-refractivity contribution >= 4 is 0 Å². The molecule has 2 aliphatic rings. The summed E-state index contributed by atoms with van der Waals surface area (Å²) in [6.07, 6.45) is 8.84. The highest BCUT2D eigenvalue weighted by Gasteiger charge is 2.50. The van der Waals surface area contributed by atoms with Crippen LogP contribution in [0.2, 0.25) is 0 Å². The molecule has 0 N–H and O–H groups in total. The van der Waals surface area contributed by atoms with Gasteiger partial charge in [-0.25, -0.2) is 0 Å². The fraction of sp³-hybridized carbons (Fsp3) is 0.600. The van der Waals surface area contributed by atoms with Gasteiger partial charge in [0, 0.05) is 0 Å². The van der Waals surface area contributed by atoms with Gasteiger partial charge in [0.2, 0.25) is 0 Å². The zero-order chi connectivity index (χ0) is 10.8. The van der Waals surface area contributed by atoms with Crippen molar-refractivity contribution < 1.29 is 4.74 Å². The minimum Gasteiger partial charge on any atom is -0.373 e. The van der Waals surface area contributed by atoms with E-state index in [1.165, 1.54) is 44.1 Å². The van der Waals surface area contributed by atoms with E-state index in [1.54, 1.807) is 0 Å². The van der Waals surface area contributed by atoms with E-state index in [0.717, 1.165) is 6.61 Å². The van der Waals surface area contributed by atoms with Crippen molar-refractivity contribution in [3.05, 3.63) is 35.9 Å². The van der Waals surface area contributed by atoms with Crippen LogP contribution in [0.25, 0.3) is 0 Å². The number of rotatable bonds is 3. The fourth-order valence-corrected chi connectivity index (χ4v) is 3.04. The van der Waals surface area contributed by atoms with Gasteiger partial charge < -0.3 is 4.74 Å². The van der Waals surface area contributed by atoms with Crippen molar-refractivity contribution in [3.63, 3.8) is 0 Å². The molecular weight excluding hydrogens is 196 g/mol. The topological polar surface area (TPSA) is 9.23 Å². The number of benzene rings is 1. The molecule has 0 amide bonds. The van der Waals surface area contributed by atoms with Gasteiger partial charge in [0.25, 0.3) is 0 Å². The summed E-state index contributed by atoms with van der Waals surface area (Å²) in [4.78, 5) is 0. The van der Waals surface area contributed by atoms with E-state index in [-0.39, 0.29) is 0 Å². The molecule has 0 aliphatic heterocycles. The first-order valence-electron chi connectivity index (χ1n) is 6.55. The van der Waals surface area contributed by atoms with Crippen molar-refractivity contribution in [2.24, 2.45) is 5.41 Å². The Morgan fingerprint density at radius 1 is 1.06 bits per heavy atom. The van der Waals surface area contributed by atoms with Gasteiger partial charge >= 0.3 is 0 Å². The molecule has 1 spiro atoms. The first kappa shape index (κ1) is 10.3. The number of hydrogen-bond acceptors (Lipinski definition) is 1. The Morgan fingerprint density at radius 2 is 1.88 bits per heavy atom. The fourth-order valence-electron chi connectivity index (χ4n) is 3.04. The third-order valence-corrected chi connectivity index (χ3v) is 4.26. The maximum atomic E-state index is 6.15. The van der Waals surface area contributed by atoms with E-state index in [1.807, 2.05) is 0 Å². The summed E-state index contributed by atoms with van der Waals surface area (Å²) in [7, 11) is 0. The van der Waals surface area contributed by atoms with Crippen LogP contribution in [0.4, 0.5) is 0 Å². The Labute approximate surface area is 97.8 Å². The highest BCUT2D eigenvalue weighted by Crippen LogP contribution is 2.57. The molecule has 2 fully saturated rings. The molecular formula is C15H20O. The van der Waals surface area contributed by atoms with Crippen LogP contribution in [0.5, 0.6) is 0 Å². The Kier molecular flexibility index (Phi) is 2.72. The van der Waals surface area contributed by atoms with Crippen LogP contribution < -0.4 is 0 Å². The van der Waals surface area contributed by atoms with Crippen LogP contribution in [0.3, 0.4) is 0 Å². The van der Waals surface area contributed by atoms with Crippen molar-refractivity contribution in [3.8, 4) is 0 Å². The van der Waals surface area contributed by atoms with Crippen molar-refractivity contribution in [1.29, 1.82) is 0 Å². The predicted molar refractivity (Wildman–Crippen MR) is 65.2 cm³/mol. The Balaban J connectivity index is 1.58. The summed E-state index contributed by atoms with van der Waals surface area (Å²) in [5.74, 6) is 0. The van der Waals surface area contributed by atoms with Gasteiger partial charge in [-0.15, -0.1) is 0 Å².